The van der Waals surface area contributed by atoms with Crippen molar-refractivity contribution in [3.63, 3.8) is 0 Å². The molecule has 8 heteroatoms. The molecule has 3 aromatic carbocycles. The number of imide groups is 1. The smallest absolute Gasteiger partial charge is 0.343 e. The molecule has 0 aliphatic carbocycles. The van der Waals surface area contributed by atoms with Gasteiger partial charge in [0.25, 0.3) is 11.8 Å². The Morgan fingerprint density at radius 2 is 1.56 bits per heavy atom. The number of halogens is 1. The van der Waals surface area contributed by atoms with E-state index in [0.29, 0.717) is 17.1 Å². The van der Waals surface area contributed by atoms with Crippen molar-refractivity contribution < 1.29 is 19.1 Å². The fourth-order valence-corrected chi connectivity index (χ4v) is 3.76. The fourth-order valence-electron chi connectivity index (χ4n) is 3.54. The van der Waals surface area contributed by atoms with Gasteiger partial charge in [-0.25, -0.2) is 9.69 Å². The Kier molecular flexibility index (Phi) is 6.13. The topological polar surface area (TPSA) is 102 Å². The number of hydrogen-bond acceptors (Lipinski definition) is 6. The molecule has 0 atom stereocenters. The van der Waals surface area contributed by atoms with Crippen molar-refractivity contribution in [1.82, 2.24) is 0 Å². The summed E-state index contributed by atoms with van der Waals surface area (Å²) in [6.45, 7) is 5.58. The summed E-state index contributed by atoms with van der Waals surface area (Å²) in [7, 11) is 0. The fraction of sp³-hybridized carbons (Fsp3) is 0.115. The maximum atomic E-state index is 13.0. The highest BCUT2D eigenvalue weighted by Crippen LogP contribution is 2.32. The van der Waals surface area contributed by atoms with Crippen LogP contribution in [0.5, 0.6) is 5.75 Å². The Hall–Kier alpha value is -4.10. The first-order valence-corrected chi connectivity index (χ1v) is 10.8. The van der Waals surface area contributed by atoms with Crippen LogP contribution in [0.1, 0.15) is 27.0 Å². The monoisotopic (exact) mass is 475 g/mol. The molecule has 1 aliphatic rings. The molecule has 0 aromatic heterocycles. The van der Waals surface area contributed by atoms with Crippen molar-refractivity contribution in [3.8, 4) is 5.75 Å². The molecule has 4 rings (SSSR count). The number of amides is 2. The predicted molar refractivity (Wildman–Crippen MR) is 132 cm³/mol. The minimum Gasteiger partial charge on any atom is -0.421 e. The lowest BCUT2D eigenvalue weighted by Crippen LogP contribution is -2.32. The molecule has 3 N–H and O–H groups in total. The van der Waals surface area contributed by atoms with Crippen LogP contribution in [0.3, 0.4) is 0 Å². The summed E-state index contributed by atoms with van der Waals surface area (Å²) in [5.74, 6) is -1.45. The number of rotatable bonds is 5. The third kappa shape index (κ3) is 4.38. The van der Waals surface area contributed by atoms with E-state index in [4.69, 9.17) is 22.1 Å². The summed E-state index contributed by atoms with van der Waals surface area (Å²) in [4.78, 5) is 39.3. The summed E-state index contributed by atoms with van der Waals surface area (Å²) in [6, 6.07) is 16.9. The van der Waals surface area contributed by atoms with E-state index in [1.54, 1.807) is 36.4 Å². The van der Waals surface area contributed by atoms with E-state index in [2.05, 4.69) is 5.32 Å². The number of nitrogens with two attached hydrogens (primary N) is 1. The maximum Gasteiger partial charge on any atom is 0.343 e. The number of benzene rings is 3. The number of anilines is 3. The number of nitrogens with zero attached hydrogens (tertiary/aromatic N) is 1. The first-order chi connectivity index (χ1) is 16.2. The van der Waals surface area contributed by atoms with Gasteiger partial charge in [-0.05, 0) is 79.9 Å². The van der Waals surface area contributed by atoms with Crippen LogP contribution < -0.4 is 20.7 Å². The lowest BCUT2D eigenvalue weighted by Gasteiger charge is -2.18. The molecule has 3 aromatic rings. The van der Waals surface area contributed by atoms with Gasteiger partial charge in [-0.15, -0.1) is 0 Å². The lowest BCUT2D eigenvalue weighted by molar-refractivity contribution is -0.120. The van der Waals surface area contributed by atoms with Crippen molar-refractivity contribution in [2.24, 2.45) is 0 Å². The van der Waals surface area contributed by atoms with Crippen LogP contribution >= 0.6 is 11.6 Å². The quantitative estimate of drug-likeness (QED) is 0.237. The first-order valence-electron chi connectivity index (χ1n) is 10.5. The number of carbonyl (C=O) groups is 3. The number of aryl methyl sites for hydroxylation is 3. The predicted octanol–water partition coefficient (Wildman–Crippen LogP) is 4.85. The first kappa shape index (κ1) is 23.1. The summed E-state index contributed by atoms with van der Waals surface area (Å²) < 4.78 is 5.37. The number of hydrogen-bond donors (Lipinski definition) is 2. The van der Waals surface area contributed by atoms with Crippen LogP contribution in [0.15, 0.2) is 71.4 Å². The molecule has 2 amide bonds. The van der Waals surface area contributed by atoms with Crippen LogP contribution in [-0.4, -0.2) is 17.8 Å². The highest BCUT2D eigenvalue weighted by molar-refractivity contribution is 6.53. The second-order valence-corrected chi connectivity index (χ2v) is 8.44. The summed E-state index contributed by atoms with van der Waals surface area (Å²) in [5, 5.41) is 2.69. The van der Waals surface area contributed by atoms with Gasteiger partial charge < -0.3 is 15.8 Å². The molecule has 0 bridgehead atoms. The van der Waals surface area contributed by atoms with Gasteiger partial charge in [-0.2, -0.15) is 0 Å². The minimum absolute atomic E-state index is 0.0321. The van der Waals surface area contributed by atoms with Crippen LogP contribution in [0.2, 0.25) is 0 Å². The highest BCUT2D eigenvalue weighted by atomic mass is 35.5. The van der Waals surface area contributed by atoms with Crippen LogP contribution in [0.4, 0.5) is 17.1 Å². The van der Waals surface area contributed by atoms with Crippen LogP contribution in [0.25, 0.3) is 0 Å². The highest BCUT2D eigenvalue weighted by Gasteiger charge is 2.39. The molecular weight excluding hydrogens is 454 g/mol. The van der Waals surface area contributed by atoms with Crippen molar-refractivity contribution in [3.05, 3.63) is 93.6 Å². The van der Waals surface area contributed by atoms with E-state index in [-0.39, 0.29) is 22.0 Å². The zero-order valence-electron chi connectivity index (χ0n) is 18.8. The number of nitrogen functional groups attached to an aromatic ring is 1. The Labute approximate surface area is 201 Å². The molecule has 1 heterocycles. The van der Waals surface area contributed by atoms with Crippen molar-refractivity contribution >= 4 is 46.4 Å². The normalized spacial score (nSPS) is 13.5. The van der Waals surface area contributed by atoms with Gasteiger partial charge >= 0.3 is 5.97 Å². The van der Waals surface area contributed by atoms with E-state index >= 15 is 0 Å². The maximum absolute atomic E-state index is 13.0. The molecule has 0 saturated carbocycles. The standard InChI is InChI=1S/C26H22ClN3O4/c1-14-5-11-21(19(28)12-14)34-26(33)17-7-9-18(10-8-17)29-23-22(27)24(31)30(25(23)32)20-13-15(2)4-6-16(20)3/h4-13,29H,28H2,1-3H3. The van der Waals surface area contributed by atoms with E-state index < -0.39 is 17.8 Å². The van der Waals surface area contributed by atoms with Crippen LogP contribution in [0, 0.1) is 20.8 Å². The van der Waals surface area contributed by atoms with E-state index in [1.807, 2.05) is 32.9 Å². The number of carbonyl (C=O) groups excluding carboxylic acids is 3. The summed E-state index contributed by atoms with van der Waals surface area (Å²) in [5.41, 5.74) is 10.1. The number of esters is 1. The van der Waals surface area contributed by atoms with Crippen LogP contribution in [-0.2, 0) is 9.59 Å². The molecule has 0 radical (unpaired) electrons. The minimum atomic E-state index is -0.598. The van der Waals surface area contributed by atoms with Gasteiger partial charge in [-0.1, -0.05) is 29.8 Å². The molecular formula is C26H22ClN3O4. The molecule has 34 heavy (non-hydrogen) atoms. The van der Waals surface area contributed by atoms with Crippen molar-refractivity contribution in [2.45, 2.75) is 20.8 Å². The molecule has 0 unspecified atom stereocenters. The van der Waals surface area contributed by atoms with Crippen molar-refractivity contribution in [1.29, 1.82) is 0 Å². The molecule has 172 valence electrons. The number of ether oxygens (including phenoxy) is 1. The zero-order valence-corrected chi connectivity index (χ0v) is 19.6. The summed E-state index contributed by atoms with van der Waals surface area (Å²) >= 11 is 6.23. The third-order valence-corrected chi connectivity index (χ3v) is 5.74. The lowest BCUT2D eigenvalue weighted by atomic mass is 10.1. The van der Waals surface area contributed by atoms with Gasteiger partial charge in [0, 0.05) is 5.69 Å². The van der Waals surface area contributed by atoms with Gasteiger partial charge in [0.15, 0.2) is 5.75 Å². The van der Waals surface area contributed by atoms with Gasteiger partial charge in [0.05, 0.1) is 16.9 Å². The van der Waals surface area contributed by atoms with Gasteiger partial charge in [-0.3, -0.25) is 9.59 Å². The van der Waals surface area contributed by atoms with Gasteiger partial charge in [0.2, 0.25) is 0 Å². The molecule has 0 saturated heterocycles. The second kappa shape index (κ2) is 9.03. The third-order valence-electron chi connectivity index (χ3n) is 5.39. The Bertz CT molecular complexity index is 1360. The van der Waals surface area contributed by atoms with E-state index in [1.165, 1.54) is 12.1 Å². The molecule has 0 fully saturated rings. The molecule has 7 nitrogen and oxygen atoms in total. The molecule has 0 spiro atoms. The second-order valence-electron chi connectivity index (χ2n) is 8.06. The van der Waals surface area contributed by atoms with Crippen molar-refractivity contribution in [2.75, 3.05) is 16.0 Å². The molecule has 1 aliphatic heterocycles. The average Bonchev–Trinajstić information content (AvgIpc) is 3.01. The number of nitrogens with one attached hydrogen (secondary N) is 1. The largest absolute Gasteiger partial charge is 0.421 e. The average molecular weight is 476 g/mol. The SMILES string of the molecule is Cc1ccc(OC(=O)c2ccc(NC3=C(Cl)C(=O)N(c4cc(C)ccc4C)C3=O)cc2)c(N)c1. The zero-order chi connectivity index (χ0) is 24.6. The summed E-state index contributed by atoms with van der Waals surface area (Å²) in [6.07, 6.45) is 0. The van der Waals surface area contributed by atoms with Gasteiger partial charge in [0.1, 0.15) is 10.7 Å². The Morgan fingerprint density at radius 3 is 2.24 bits per heavy atom. The van der Waals surface area contributed by atoms with E-state index in [0.717, 1.165) is 21.6 Å². The Morgan fingerprint density at radius 1 is 0.912 bits per heavy atom. The Balaban J connectivity index is 1.50. The van der Waals surface area contributed by atoms with E-state index in [9.17, 15) is 14.4 Å².